The molecule has 0 unspecified atom stereocenters. The Morgan fingerprint density at radius 2 is 1.93 bits per heavy atom. The summed E-state index contributed by atoms with van der Waals surface area (Å²) < 4.78 is 0. The van der Waals surface area contributed by atoms with E-state index in [-0.39, 0.29) is 18.0 Å². The number of fused-ring (bicyclic) bond motifs is 1. The van der Waals surface area contributed by atoms with Crippen LogP contribution in [0.15, 0.2) is 48.5 Å². The molecule has 5 nitrogen and oxygen atoms in total. The summed E-state index contributed by atoms with van der Waals surface area (Å²) in [4.78, 5) is 28.6. The average molecular weight is 392 g/mol. The first-order valence-corrected chi connectivity index (χ1v) is 10.6. The van der Waals surface area contributed by atoms with Crippen LogP contribution in [-0.4, -0.2) is 36.5 Å². The summed E-state index contributed by atoms with van der Waals surface area (Å²) in [5, 5.41) is 3.10. The molecular formula is C24H29N3O2. The Kier molecular flexibility index (Phi) is 5.84. The molecule has 0 aliphatic carbocycles. The zero-order valence-electron chi connectivity index (χ0n) is 17.1. The third-order valence-corrected chi connectivity index (χ3v) is 6.17. The fourth-order valence-electron chi connectivity index (χ4n) is 4.48. The second kappa shape index (κ2) is 8.68. The highest BCUT2D eigenvalue weighted by Gasteiger charge is 2.27. The third kappa shape index (κ3) is 4.44. The van der Waals surface area contributed by atoms with Crippen molar-refractivity contribution in [3.63, 3.8) is 0 Å². The number of amides is 3. The van der Waals surface area contributed by atoms with E-state index in [9.17, 15) is 9.59 Å². The molecule has 0 bridgehead atoms. The van der Waals surface area contributed by atoms with Crippen molar-refractivity contribution in [1.82, 2.24) is 4.90 Å². The van der Waals surface area contributed by atoms with Crippen LogP contribution in [0.4, 0.5) is 16.2 Å². The monoisotopic (exact) mass is 391 g/mol. The van der Waals surface area contributed by atoms with Gasteiger partial charge in [-0.25, -0.2) is 4.79 Å². The molecule has 1 saturated heterocycles. The largest absolute Gasteiger partial charge is 0.322 e. The molecule has 1 fully saturated rings. The van der Waals surface area contributed by atoms with Crippen LogP contribution in [-0.2, 0) is 17.6 Å². The van der Waals surface area contributed by atoms with Gasteiger partial charge in [0.2, 0.25) is 5.91 Å². The van der Waals surface area contributed by atoms with E-state index in [0.29, 0.717) is 6.42 Å². The number of likely N-dealkylation sites (tertiary alicyclic amines) is 1. The number of urea groups is 1. The zero-order valence-corrected chi connectivity index (χ0v) is 17.1. The topological polar surface area (TPSA) is 52.7 Å². The minimum atomic E-state index is -0.0112. The van der Waals surface area contributed by atoms with E-state index in [1.165, 1.54) is 12.0 Å². The zero-order chi connectivity index (χ0) is 20.2. The average Bonchev–Trinajstić information content (AvgIpc) is 2.76. The van der Waals surface area contributed by atoms with Gasteiger partial charge in [-0.1, -0.05) is 30.3 Å². The molecular weight excluding hydrogens is 362 g/mol. The van der Waals surface area contributed by atoms with Gasteiger partial charge in [0.25, 0.3) is 0 Å². The number of rotatable bonds is 4. The van der Waals surface area contributed by atoms with Crippen molar-refractivity contribution in [3.8, 4) is 0 Å². The van der Waals surface area contributed by atoms with E-state index in [4.69, 9.17) is 0 Å². The third-order valence-electron chi connectivity index (χ3n) is 6.17. The number of aryl methyl sites for hydroxylation is 2. The molecule has 29 heavy (non-hydrogen) atoms. The van der Waals surface area contributed by atoms with E-state index in [1.54, 1.807) is 4.90 Å². The summed E-state index contributed by atoms with van der Waals surface area (Å²) in [6.07, 6.45) is 6.55. The first kappa shape index (κ1) is 19.5. The minimum absolute atomic E-state index is 0.0112. The molecule has 5 heteroatoms. The number of carbonyl (C=O) groups excluding carboxylic acids is 2. The van der Waals surface area contributed by atoms with Gasteiger partial charge in [-0.2, -0.15) is 0 Å². The quantitative estimate of drug-likeness (QED) is 0.827. The van der Waals surface area contributed by atoms with E-state index in [0.717, 1.165) is 55.6 Å². The van der Waals surface area contributed by atoms with E-state index in [2.05, 4.69) is 29.6 Å². The van der Waals surface area contributed by atoms with Crippen LogP contribution in [0.2, 0.25) is 0 Å². The predicted octanol–water partition coefficient (Wildman–Crippen LogP) is 4.61. The van der Waals surface area contributed by atoms with Gasteiger partial charge in [-0.05, 0) is 67.9 Å². The van der Waals surface area contributed by atoms with Crippen molar-refractivity contribution in [2.75, 3.05) is 23.8 Å². The number of hydrogen-bond donors (Lipinski definition) is 1. The van der Waals surface area contributed by atoms with Crippen molar-refractivity contribution >= 4 is 23.3 Å². The Hall–Kier alpha value is -2.82. The molecule has 2 aromatic rings. The number of nitrogens with one attached hydrogen (secondary N) is 1. The van der Waals surface area contributed by atoms with Crippen LogP contribution in [0.25, 0.3) is 0 Å². The molecule has 0 radical (unpaired) electrons. The van der Waals surface area contributed by atoms with E-state index in [1.807, 2.05) is 36.2 Å². The fraction of sp³-hybridized carbons (Fsp3) is 0.417. The number of carbonyl (C=O) groups is 2. The van der Waals surface area contributed by atoms with Crippen LogP contribution in [0.5, 0.6) is 0 Å². The van der Waals surface area contributed by atoms with Crippen molar-refractivity contribution in [1.29, 1.82) is 0 Å². The Balaban J connectivity index is 1.41. The first-order chi connectivity index (χ1) is 14.1. The van der Waals surface area contributed by atoms with Crippen LogP contribution in [0.1, 0.15) is 43.2 Å². The second-order valence-corrected chi connectivity index (χ2v) is 8.09. The number of hydrogen-bond acceptors (Lipinski definition) is 2. The molecule has 2 aromatic carbocycles. The number of piperidine rings is 1. The van der Waals surface area contributed by atoms with Gasteiger partial charge >= 0.3 is 6.03 Å². The molecule has 2 aliphatic rings. The summed E-state index contributed by atoms with van der Waals surface area (Å²) in [5.74, 6) is 0.142. The smallest absolute Gasteiger partial charge is 0.322 e. The standard InChI is InChI=1S/C24H29N3O2/c1-26-22-14-12-20(17-19(22)11-15-23(26)28)25-24(29)27-16-6-5-9-21(27)13-10-18-7-3-2-4-8-18/h2-4,7-8,12,14,17,21H,5-6,9-11,13,15-16H2,1H3,(H,25,29)/t21-/m1/s1. The van der Waals surface area contributed by atoms with Gasteiger partial charge in [0.1, 0.15) is 0 Å². The summed E-state index contributed by atoms with van der Waals surface area (Å²) in [6.45, 7) is 0.813. The Labute approximate surface area is 172 Å². The number of nitrogens with zero attached hydrogens (tertiary/aromatic N) is 2. The van der Waals surface area contributed by atoms with Crippen LogP contribution in [0, 0.1) is 0 Å². The first-order valence-electron chi connectivity index (χ1n) is 10.6. The summed E-state index contributed by atoms with van der Waals surface area (Å²) in [5.41, 5.74) is 4.19. The number of anilines is 2. The number of benzene rings is 2. The van der Waals surface area contributed by atoms with E-state index >= 15 is 0 Å². The maximum absolute atomic E-state index is 13.0. The lowest BCUT2D eigenvalue weighted by atomic mass is 9.96. The van der Waals surface area contributed by atoms with Gasteiger partial charge in [0.15, 0.2) is 0 Å². The molecule has 1 N–H and O–H groups in total. The molecule has 1 atom stereocenters. The summed E-state index contributed by atoms with van der Waals surface area (Å²) >= 11 is 0. The van der Waals surface area contributed by atoms with Crippen molar-refractivity contribution in [2.45, 2.75) is 51.0 Å². The highest BCUT2D eigenvalue weighted by atomic mass is 16.2. The minimum Gasteiger partial charge on any atom is -0.322 e. The molecule has 2 heterocycles. The summed E-state index contributed by atoms with van der Waals surface area (Å²) in [6, 6.07) is 16.6. The van der Waals surface area contributed by atoms with Crippen molar-refractivity contribution < 1.29 is 9.59 Å². The molecule has 0 aromatic heterocycles. The molecule has 4 rings (SSSR count). The van der Waals surface area contributed by atoms with Gasteiger partial charge in [-0.3, -0.25) is 4.79 Å². The molecule has 0 saturated carbocycles. The second-order valence-electron chi connectivity index (χ2n) is 8.09. The summed E-state index contributed by atoms with van der Waals surface area (Å²) in [7, 11) is 1.81. The van der Waals surface area contributed by atoms with Crippen molar-refractivity contribution in [3.05, 3.63) is 59.7 Å². The van der Waals surface area contributed by atoms with Gasteiger partial charge in [0.05, 0.1) is 0 Å². The van der Waals surface area contributed by atoms with Crippen molar-refractivity contribution in [2.24, 2.45) is 0 Å². The van der Waals surface area contributed by atoms with Crippen LogP contribution < -0.4 is 10.2 Å². The van der Waals surface area contributed by atoms with E-state index < -0.39 is 0 Å². The van der Waals surface area contributed by atoms with Gasteiger partial charge in [0, 0.05) is 37.4 Å². The molecule has 0 spiro atoms. The van der Waals surface area contributed by atoms with Crippen LogP contribution in [0.3, 0.4) is 0 Å². The lowest BCUT2D eigenvalue weighted by Crippen LogP contribution is -2.46. The lowest BCUT2D eigenvalue weighted by molar-refractivity contribution is -0.118. The highest BCUT2D eigenvalue weighted by Crippen LogP contribution is 2.30. The fourth-order valence-corrected chi connectivity index (χ4v) is 4.48. The van der Waals surface area contributed by atoms with Crippen LogP contribution >= 0.6 is 0 Å². The SMILES string of the molecule is CN1C(=O)CCc2cc(NC(=O)N3CCCC[C@@H]3CCc3ccccc3)ccc21. The Bertz CT molecular complexity index is 881. The van der Waals surface area contributed by atoms with Gasteiger partial charge < -0.3 is 15.1 Å². The normalized spacial score (nSPS) is 19.1. The maximum atomic E-state index is 13.0. The molecule has 3 amide bonds. The Morgan fingerprint density at radius 1 is 1.10 bits per heavy atom. The molecule has 2 aliphatic heterocycles. The maximum Gasteiger partial charge on any atom is 0.322 e. The molecule has 152 valence electrons. The Morgan fingerprint density at radius 3 is 2.76 bits per heavy atom. The lowest BCUT2D eigenvalue weighted by Gasteiger charge is -2.36. The van der Waals surface area contributed by atoms with Gasteiger partial charge in [-0.15, -0.1) is 0 Å². The highest BCUT2D eigenvalue weighted by molar-refractivity contribution is 5.97. The predicted molar refractivity (Wildman–Crippen MR) is 116 cm³/mol.